The molecule has 0 spiro atoms. The van der Waals surface area contributed by atoms with Gasteiger partial charge in [0.25, 0.3) is 0 Å². The van der Waals surface area contributed by atoms with Crippen molar-refractivity contribution in [2.45, 2.75) is 56.9 Å². The van der Waals surface area contributed by atoms with Gasteiger partial charge in [-0.05, 0) is 55.4 Å². The third kappa shape index (κ3) is 5.30. The summed E-state index contributed by atoms with van der Waals surface area (Å²) in [5.74, 6) is 0.501. The average Bonchev–Trinajstić information content (AvgIpc) is 3.27. The van der Waals surface area contributed by atoms with E-state index in [1.807, 2.05) is 0 Å². The summed E-state index contributed by atoms with van der Waals surface area (Å²) in [6.07, 6.45) is 1.96. The Labute approximate surface area is 173 Å². The fourth-order valence-corrected chi connectivity index (χ4v) is 4.26. The van der Waals surface area contributed by atoms with E-state index in [1.165, 1.54) is 23.7 Å². The molecule has 0 aliphatic carbocycles. The van der Waals surface area contributed by atoms with Crippen molar-refractivity contribution in [3.8, 4) is 5.69 Å². The molecule has 2 aliphatic rings. The molecule has 2 N–H and O–H groups in total. The molecule has 29 heavy (non-hydrogen) atoms. The highest BCUT2D eigenvalue weighted by Crippen LogP contribution is 2.32. The minimum Gasteiger partial charge on any atom is -0.352 e. The number of nitrogens with zero attached hydrogens (tertiary/aromatic N) is 2. The first kappa shape index (κ1) is 21.6. The number of aromatic nitrogens is 2. The zero-order chi connectivity index (χ0) is 19.7. The number of nitrogens with one attached hydrogen (secondary N) is 2. The first-order valence-electron chi connectivity index (χ1n) is 9.62. The number of hydrogen-bond donors (Lipinski definition) is 2. The Hall–Kier alpha value is -2.06. The largest absolute Gasteiger partial charge is 0.435 e. The molecule has 9 heteroatoms. The highest BCUT2D eigenvalue weighted by Gasteiger charge is 2.34. The number of piperidine rings is 1. The standard InChI is InChI=1S/C20H23F3N4O.ClH/c21-20(22,23)18-7-8-27(26-18)17-5-1-13(2-6-17)12-24-19(28)11-14-9-15-3-4-16(10-14)25-15;/h1-2,5-8,14-16,25H,3-4,9-12H2,(H,24,28);1H. The molecule has 5 nitrogen and oxygen atoms in total. The van der Waals surface area contributed by atoms with Crippen molar-refractivity contribution in [3.63, 3.8) is 0 Å². The topological polar surface area (TPSA) is 59.0 Å². The number of hydrogen-bond acceptors (Lipinski definition) is 3. The number of halogens is 4. The second-order valence-electron chi connectivity index (χ2n) is 7.77. The van der Waals surface area contributed by atoms with E-state index in [0.29, 0.717) is 36.7 Å². The second-order valence-corrected chi connectivity index (χ2v) is 7.77. The number of amides is 1. The van der Waals surface area contributed by atoms with E-state index in [2.05, 4.69) is 15.7 Å². The van der Waals surface area contributed by atoms with E-state index in [4.69, 9.17) is 0 Å². The Bertz CT molecular complexity index is 825. The summed E-state index contributed by atoms with van der Waals surface area (Å²) < 4.78 is 39.1. The summed E-state index contributed by atoms with van der Waals surface area (Å²) in [6, 6.07) is 9.05. The van der Waals surface area contributed by atoms with Crippen LogP contribution in [0.1, 0.15) is 43.4 Å². The molecule has 1 aromatic carbocycles. The van der Waals surface area contributed by atoms with Gasteiger partial charge in [-0.1, -0.05) is 12.1 Å². The molecule has 1 aromatic heterocycles. The molecule has 2 unspecified atom stereocenters. The summed E-state index contributed by atoms with van der Waals surface area (Å²) in [7, 11) is 0. The maximum absolute atomic E-state index is 12.7. The van der Waals surface area contributed by atoms with E-state index in [-0.39, 0.29) is 18.3 Å². The summed E-state index contributed by atoms with van der Waals surface area (Å²) in [4.78, 5) is 12.3. The zero-order valence-corrected chi connectivity index (χ0v) is 16.6. The summed E-state index contributed by atoms with van der Waals surface area (Å²) in [6.45, 7) is 0.407. The summed E-state index contributed by atoms with van der Waals surface area (Å²) in [5, 5.41) is 10.1. The molecule has 2 aromatic rings. The SMILES string of the molecule is Cl.O=C(CC1CC2CCC(C1)N2)NCc1ccc(-n2ccc(C(F)(F)F)n2)cc1. The number of fused-ring (bicyclic) bond motifs is 2. The van der Waals surface area contributed by atoms with Crippen LogP contribution in [0.25, 0.3) is 5.69 Å². The van der Waals surface area contributed by atoms with Gasteiger partial charge >= 0.3 is 6.18 Å². The van der Waals surface area contributed by atoms with Crippen LogP contribution < -0.4 is 10.6 Å². The van der Waals surface area contributed by atoms with Crippen LogP contribution in [-0.4, -0.2) is 27.8 Å². The Morgan fingerprint density at radius 1 is 1.14 bits per heavy atom. The Kier molecular flexibility index (Phi) is 6.53. The van der Waals surface area contributed by atoms with Crippen molar-refractivity contribution >= 4 is 18.3 Å². The number of carbonyl (C=O) groups excluding carboxylic acids is 1. The lowest BCUT2D eigenvalue weighted by molar-refractivity contribution is -0.141. The van der Waals surface area contributed by atoms with Gasteiger partial charge in [0.1, 0.15) is 0 Å². The van der Waals surface area contributed by atoms with Crippen LogP contribution in [0.2, 0.25) is 0 Å². The lowest BCUT2D eigenvalue weighted by atomic mass is 9.89. The number of rotatable bonds is 5. The molecule has 2 atom stereocenters. The lowest BCUT2D eigenvalue weighted by Crippen LogP contribution is -2.39. The minimum atomic E-state index is -4.45. The predicted molar refractivity (Wildman–Crippen MR) is 105 cm³/mol. The lowest BCUT2D eigenvalue weighted by Gasteiger charge is -2.28. The average molecular weight is 429 g/mol. The summed E-state index contributed by atoms with van der Waals surface area (Å²) >= 11 is 0. The molecule has 3 heterocycles. The maximum Gasteiger partial charge on any atom is 0.435 e. The van der Waals surface area contributed by atoms with Gasteiger partial charge in [0.05, 0.1) is 5.69 Å². The van der Waals surface area contributed by atoms with E-state index in [9.17, 15) is 18.0 Å². The van der Waals surface area contributed by atoms with Crippen LogP contribution >= 0.6 is 12.4 Å². The molecule has 158 valence electrons. The van der Waals surface area contributed by atoms with Gasteiger partial charge in [-0.3, -0.25) is 4.79 Å². The fraction of sp³-hybridized carbons (Fsp3) is 0.500. The van der Waals surface area contributed by atoms with Gasteiger partial charge in [0.2, 0.25) is 5.91 Å². The van der Waals surface area contributed by atoms with Crippen molar-refractivity contribution in [2.24, 2.45) is 5.92 Å². The van der Waals surface area contributed by atoms with Gasteiger partial charge in [-0.2, -0.15) is 18.3 Å². The second kappa shape index (κ2) is 8.75. The normalized spacial score (nSPS) is 23.5. The third-order valence-corrected chi connectivity index (χ3v) is 5.61. The highest BCUT2D eigenvalue weighted by molar-refractivity contribution is 5.85. The van der Waals surface area contributed by atoms with Gasteiger partial charge < -0.3 is 10.6 Å². The van der Waals surface area contributed by atoms with Crippen LogP contribution in [0.15, 0.2) is 36.5 Å². The van der Waals surface area contributed by atoms with E-state index >= 15 is 0 Å². The first-order valence-corrected chi connectivity index (χ1v) is 9.62. The Balaban J connectivity index is 0.00000240. The van der Waals surface area contributed by atoms with Crippen molar-refractivity contribution in [3.05, 3.63) is 47.8 Å². The van der Waals surface area contributed by atoms with Crippen LogP contribution in [0.3, 0.4) is 0 Å². The Morgan fingerprint density at radius 3 is 2.38 bits per heavy atom. The highest BCUT2D eigenvalue weighted by atomic mass is 35.5. The van der Waals surface area contributed by atoms with E-state index in [1.54, 1.807) is 24.3 Å². The quantitative estimate of drug-likeness (QED) is 0.760. The van der Waals surface area contributed by atoms with Gasteiger partial charge in [-0.25, -0.2) is 4.68 Å². The van der Waals surface area contributed by atoms with Crippen molar-refractivity contribution in [1.82, 2.24) is 20.4 Å². The fourth-order valence-electron chi connectivity index (χ4n) is 4.26. The van der Waals surface area contributed by atoms with Gasteiger partial charge in [0.15, 0.2) is 5.69 Å². The van der Waals surface area contributed by atoms with Crippen molar-refractivity contribution in [1.29, 1.82) is 0 Å². The third-order valence-electron chi connectivity index (χ3n) is 5.61. The molecule has 2 aliphatic heterocycles. The Morgan fingerprint density at radius 2 is 1.79 bits per heavy atom. The minimum absolute atomic E-state index is 0. The zero-order valence-electron chi connectivity index (χ0n) is 15.8. The van der Waals surface area contributed by atoms with Gasteiger partial charge in [0, 0.05) is 31.2 Å². The number of alkyl halides is 3. The smallest absolute Gasteiger partial charge is 0.352 e. The molecule has 2 saturated heterocycles. The number of benzene rings is 1. The molecular weight excluding hydrogens is 405 g/mol. The molecule has 0 radical (unpaired) electrons. The van der Waals surface area contributed by atoms with E-state index < -0.39 is 11.9 Å². The van der Waals surface area contributed by atoms with Crippen LogP contribution in [0.4, 0.5) is 13.2 Å². The predicted octanol–water partition coefficient (Wildman–Crippen LogP) is 3.85. The number of carbonyl (C=O) groups is 1. The molecule has 4 rings (SSSR count). The first-order chi connectivity index (χ1) is 13.4. The van der Waals surface area contributed by atoms with Crippen LogP contribution in [0.5, 0.6) is 0 Å². The molecule has 2 fully saturated rings. The summed E-state index contributed by atoms with van der Waals surface area (Å²) in [5.41, 5.74) is 0.511. The molecule has 0 saturated carbocycles. The molecule has 1 amide bonds. The maximum atomic E-state index is 12.7. The van der Waals surface area contributed by atoms with Crippen LogP contribution in [0, 0.1) is 5.92 Å². The van der Waals surface area contributed by atoms with Gasteiger partial charge in [-0.15, -0.1) is 12.4 Å². The molecular formula is C20H24ClF3N4O. The van der Waals surface area contributed by atoms with Crippen molar-refractivity contribution in [2.75, 3.05) is 0 Å². The van der Waals surface area contributed by atoms with E-state index in [0.717, 1.165) is 24.5 Å². The monoisotopic (exact) mass is 428 g/mol. The van der Waals surface area contributed by atoms with Crippen LogP contribution in [-0.2, 0) is 17.5 Å². The molecule has 2 bridgehead atoms. The van der Waals surface area contributed by atoms with Crippen molar-refractivity contribution < 1.29 is 18.0 Å².